The van der Waals surface area contributed by atoms with Crippen molar-refractivity contribution in [3.8, 4) is 11.3 Å². The zero-order chi connectivity index (χ0) is 21.2. The summed E-state index contributed by atoms with van der Waals surface area (Å²) in [7, 11) is 1.84. The molecule has 0 atom stereocenters. The highest BCUT2D eigenvalue weighted by atomic mass is 16.2. The highest BCUT2D eigenvalue weighted by Crippen LogP contribution is 2.25. The van der Waals surface area contributed by atoms with Gasteiger partial charge in [0, 0.05) is 49.8 Å². The van der Waals surface area contributed by atoms with Crippen molar-refractivity contribution in [1.29, 1.82) is 0 Å². The third-order valence-corrected chi connectivity index (χ3v) is 6.51. The number of carbonyl (C=O) groups is 1. The van der Waals surface area contributed by atoms with Crippen molar-refractivity contribution in [3.63, 3.8) is 0 Å². The second-order valence-electron chi connectivity index (χ2n) is 8.33. The van der Waals surface area contributed by atoms with Crippen LogP contribution in [0.25, 0.3) is 16.9 Å². The third-order valence-electron chi connectivity index (χ3n) is 6.51. The van der Waals surface area contributed by atoms with Crippen molar-refractivity contribution < 1.29 is 4.79 Å². The number of carbonyl (C=O) groups excluding carboxylic acids is 1. The monoisotopic (exact) mass is 419 g/mol. The highest BCUT2D eigenvalue weighted by molar-refractivity contribution is 5.89. The number of hydrogen-bond acceptors (Lipinski definition) is 5. The molecule has 1 aromatic carbocycles. The fourth-order valence-electron chi connectivity index (χ4n) is 4.78. The van der Waals surface area contributed by atoms with E-state index in [0.717, 1.165) is 54.3 Å². The van der Waals surface area contributed by atoms with Crippen LogP contribution < -0.4 is 10.6 Å². The molecule has 162 valence electrons. The standard InChI is InChI=1S/C23H29N7O/c1-24-21-22-26-16-20(30(22)15-10-25-21)17-4-6-18(7-5-17)27-23(31)29-13-8-19(9-14-29)28-11-2-3-12-28/h4-7,10,15-16,19H,2-3,8-9,11-14H2,1H3,(H,24,25)(H,27,31). The Morgan fingerprint density at radius 2 is 1.77 bits per heavy atom. The molecule has 2 aromatic heterocycles. The van der Waals surface area contributed by atoms with Crippen molar-refractivity contribution >= 4 is 23.2 Å². The normalized spacial score (nSPS) is 17.9. The molecule has 0 unspecified atom stereocenters. The first-order chi connectivity index (χ1) is 15.2. The summed E-state index contributed by atoms with van der Waals surface area (Å²) < 4.78 is 2.01. The Morgan fingerprint density at radius 3 is 2.48 bits per heavy atom. The van der Waals surface area contributed by atoms with E-state index in [1.165, 1.54) is 25.9 Å². The molecule has 0 spiro atoms. The first-order valence-corrected chi connectivity index (χ1v) is 11.1. The number of nitrogens with zero attached hydrogens (tertiary/aromatic N) is 5. The molecule has 4 heterocycles. The maximum atomic E-state index is 12.7. The van der Waals surface area contributed by atoms with Crippen LogP contribution in [0.15, 0.2) is 42.9 Å². The van der Waals surface area contributed by atoms with Gasteiger partial charge in [0.15, 0.2) is 11.5 Å². The van der Waals surface area contributed by atoms with Gasteiger partial charge in [0.1, 0.15) is 0 Å². The lowest BCUT2D eigenvalue weighted by Gasteiger charge is -2.36. The quantitative estimate of drug-likeness (QED) is 0.676. The number of urea groups is 1. The first-order valence-electron chi connectivity index (χ1n) is 11.1. The van der Waals surface area contributed by atoms with Crippen molar-refractivity contribution in [2.24, 2.45) is 0 Å². The van der Waals surface area contributed by atoms with E-state index < -0.39 is 0 Å². The summed E-state index contributed by atoms with van der Waals surface area (Å²) in [6.45, 7) is 4.11. The van der Waals surface area contributed by atoms with Gasteiger partial charge in [-0.25, -0.2) is 14.8 Å². The van der Waals surface area contributed by atoms with E-state index in [1.807, 2.05) is 53.0 Å². The van der Waals surface area contributed by atoms with Crippen molar-refractivity contribution in [2.75, 3.05) is 43.9 Å². The van der Waals surface area contributed by atoms with Crippen LogP contribution in [0.5, 0.6) is 0 Å². The Labute approximate surface area is 182 Å². The number of hydrogen-bond donors (Lipinski definition) is 2. The molecule has 2 N–H and O–H groups in total. The molecule has 3 aromatic rings. The maximum absolute atomic E-state index is 12.7. The number of amides is 2. The molecule has 31 heavy (non-hydrogen) atoms. The van der Waals surface area contributed by atoms with Crippen LogP contribution in [0.4, 0.5) is 16.3 Å². The molecule has 8 nitrogen and oxygen atoms in total. The van der Waals surface area contributed by atoms with Gasteiger partial charge in [-0.1, -0.05) is 12.1 Å². The van der Waals surface area contributed by atoms with Gasteiger partial charge in [-0.05, 0) is 50.9 Å². The lowest BCUT2D eigenvalue weighted by molar-refractivity contribution is 0.140. The molecule has 2 fully saturated rings. The summed E-state index contributed by atoms with van der Waals surface area (Å²) >= 11 is 0. The summed E-state index contributed by atoms with van der Waals surface area (Å²) in [5, 5.41) is 6.12. The van der Waals surface area contributed by atoms with Crippen LogP contribution in [-0.2, 0) is 0 Å². The van der Waals surface area contributed by atoms with Gasteiger partial charge in [0.2, 0.25) is 0 Å². The molecule has 2 amide bonds. The van der Waals surface area contributed by atoms with Gasteiger partial charge < -0.3 is 20.4 Å². The van der Waals surface area contributed by atoms with E-state index in [2.05, 4.69) is 25.5 Å². The minimum absolute atomic E-state index is 0.00726. The molecule has 2 aliphatic heterocycles. The molecule has 0 bridgehead atoms. The molecule has 2 aliphatic rings. The maximum Gasteiger partial charge on any atom is 0.321 e. The lowest BCUT2D eigenvalue weighted by atomic mass is 10.0. The number of rotatable bonds is 4. The van der Waals surface area contributed by atoms with E-state index in [9.17, 15) is 4.79 Å². The minimum Gasteiger partial charge on any atom is -0.370 e. The largest absolute Gasteiger partial charge is 0.370 e. The van der Waals surface area contributed by atoms with Gasteiger partial charge in [0.05, 0.1) is 11.9 Å². The molecule has 8 heteroatoms. The van der Waals surface area contributed by atoms with Gasteiger partial charge in [-0.2, -0.15) is 0 Å². The SMILES string of the molecule is CNc1nccn2c(-c3ccc(NC(=O)N4CCC(N5CCCC5)CC4)cc3)cnc12. The summed E-state index contributed by atoms with van der Waals surface area (Å²) in [5.74, 6) is 0.742. The predicted octanol–water partition coefficient (Wildman–Crippen LogP) is 3.53. The number of imidazole rings is 1. The van der Waals surface area contributed by atoms with Crippen LogP contribution in [0.3, 0.4) is 0 Å². The summed E-state index contributed by atoms with van der Waals surface area (Å²) in [5.41, 5.74) is 3.61. The van der Waals surface area contributed by atoms with Gasteiger partial charge in [-0.3, -0.25) is 4.40 Å². The molecule has 5 rings (SSSR count). The molecule has 0 saturated carbocycles. The number of anilines is 2. The summed E-state index contributed by atoms with van der Waals surface area (Å²) in [6.07, 6.45) is 10.3. The Kier molecular flexibility index (Phi) is 5.46. The van der Waals surface area contributed by atoms with Crippen molar-refractivity contribution in [3.05, 3.63) is 42.9 Å². The van der Waals surface area contributed by atoms with Crippen LogP contribution in [0.2, 0.25) is 0 Å². The fourth-order valence-corrected chi connectivity index (χ4v) is 4.78. The van der Waals surface area contributed by atoms with E-state index >= 15 is 0 Å². The Hall–Kier alpha value is -3.13. The van der Waals surface area contributed by atoms with E-state index in [4.69, 9.17) is 0 Å². The lowest BCUT2D eigenvalue weighted by Crippen LogP contribution is -2.47. The Morgan fingerprint density at radius 1 is 1.03 bits per heavy atom. The van der Waals surface area contributed by atoms with E-state index in [0.29, 0.717) is 6.04 Å². The number of fused-ring (bicyclic) bond motifs is 1. The molecule has 0 aliphatic carbocycles. The number of benzene rings is 1. The van der Waals surface area contributed by atoms with Crippen molar-refractivity contribution in [2.45, 2.75) is 31.7 Å². The number of aromatic nitrogens is 3. The van der Waals surface area contributed by atoms with Gasteiger partial charge >= 0.3 is 6.03 Å². The third kappa shape index (κ3) is 3.95. The molecule has 2 saturated heterocycles. The fraction of sp³-hybridized carbons (Fsp3) is 0.435. The average Bonchev–Trinajstić information content (AvgIpc) is 3.50. The smallest absolute Gasteiger partial charge is 0.321 e. The molecular formula is C23H29N7O. The average molecular weight is 420 g/mol. The molecular weight excluding hydrogens is 390 g/mol. The summed E-state index contributed by atoms with van der Waals surface area (Å²) in [4.78, 5) is 26.1. The van der Waals surface area contributed by atoms with Crippen LogP contribution in [0, 0.1) is 0 Å². The minimum atomic E-state index is -0.00726. The van der Waals surface area contributed by atoms with Gasteiger partial charge in [0.25, 0.3) is 0 Å². The number of nitrogens with one attached hydrogen (secondary N) is 2. The second kappa shape index (κ2) is 8.55. The Bertz CT molecular complexity index is 1050. The molecule has 0 radical (unpaired) electrons. The first kappa shape index (κ1) is 19.8. The van der Waals surface area contributed by atoms with E-state index in [1.54, 1.807) is 6.20 Å². The van der Waals surface area contributed by atoms with Gasteiger partial charge in [-0.15, -0.1) is 0 Å². The predicted molar refractivity (Wildman–Crippen MR) is 122 cm³/mol. The van der Waals surface area contributed by atoms with Crippen LogP contribution in [0.1, 0.15) is 25.7 Å². The highest BCUT2D eigenvalue weighted by Gasteiger charge is 2.28. The topological polar surface area (TPSA) is 77.8 Å². The number of piperidine rings is 1. The Balaban J connectivity index is 1.22. The zero-order valence-corrected chi connectivity index (χ0v) is 17.9. The van der Waals surface area contributed by atoms with Crippen molar-refractivity contribution in [1.82, 2.24) is 24.2 Å². The zero-order valence-electron chi connectivity index (χ0n) is 17.9. The van der Waals surface area contributed by atoms with Crippen LogP contribution in [-0.4, -0.2) is 69.5 Å². The van der Waals surface area contributed by atoms with Crippen LogP contribution >= 0.6 is 0 Å². The number of likely N-dealkylation sites (tertiary alicyclic amines) is 2. The van der Waals surface area contributed by atoms with E-state index in [-0.39, 0.29) is 6.03 Å². The second-order valence-corrected chi connectivity index (χ2v) is 8.33. The summed E-state index contributed by atoms with van der Waals surface area (Å²) in [6, 6.07) is 8.56.